The maximum absolute atomic E-state index is 14.4. The average Bonchev–Trinajstić information content (AvgIpc) is 3.24. The largest absolute Gasteiger partial charge is 0.495 e. The summed E-state index contributed by atoms with van der Waals surface area (Å²) in [6.07, 6.45) is 0.855. The van der Waals surface area contributed by atoms with Crippen LogP contribution in [0.4, 0.5) is 28.9 Å². The maximum Gasteiger partial charge on any atom is 0.447 e. The summed E-state index contributed by atoms with van der Waals surface area (Å²) in [7, 11) is 2.98. The van der Waals surface area contributed by atoms with E-state index in [9.17, 15) is 22.4 Å². The number of nitrogens with zero attached hydrogens (tertiary/aromatic N) is 2. The average molecular weight is 551 g/mol. The van der Waals surface area contributed by atoms with Gasteiger partial charge in [0.25, 0.3) is 5.91 Å². The van der Waals surface area contributed by atoms with E-state index < -0.39 is 17.7 Å². The zero-order valence-corrected chi connectivity index (χ0v) is 21.4. The lowest BCUT2D eigenvalue weighted by Crippen LogP contribution is -2.45. The lowest BCUT2D eigenvalue weighted by molar-refractivity contribution is -0.0330. The summed E-state index contributed by atoms with van der Waals surface area (Å²) < 4.78 is 61.2. The molecule has 1 aliphatic rings. The van der Waals surface area contributed by atoms with E-state index in [1.165, 1.54) is 24.8 Å². The third-order valence-corrected chi connectivity index (χ3v) is 6.65. The molecule has 38 heavy (non-hydrogen) atoms. The van der Waals surface area contributed by atoms with E-state index >= 15 is 0 Å². The molecule has 0 bridgehead atoms. The molecule has 4 rings (SSSR count). The van der Waals surface area contributed by atoms with Crippen LogP contribution < -0.4 is 26.0 Å². The van der Waals surface area contributed by atoms with Crippen molar-refractivity contribution in [1.82, 2.24) is 20.0 Å². The van der Waals surface area contributed by atoms with Crippen molar-refractivity contribution in [3.05, 3.63) is 47.8 Å². The van der Waals surface area contributed by atoms with Gasteiger partial charge in [0.05, 0.1) is 31.1 Å². The van der Waals surface area contributed by atoms with Crippen molar-refractivity contribution in [2.75, 3.05) is 44.4 Å². The number of alkyl halides is 4. The minimum atomic E-state index is -4.56. The van der Waals surface area contributed by atoms with Crippen molar-refractivity contribution in [2.24, 2.45) is 0 Å². The molecule has 0 aliphatic carbocycles. The van der Waals surface area contributed by atoms with Crippen molar-refractivity contribution < 1.29 is 27.1 Å². The van der Waals surface area contributed by atoms with Gasteiger partial charge in [-0.25, -0.2) is 9.37 Å². The molecule has 1 aromatic carbocycles. The number of methoxy groups -OCH3 is 1. The topological polar surface area (TPSA) is 91.7 Å². The third-order valence-electron chi connectivity index (χ3n) is 5.83. The van der Waals surface area contributed by atoms with Crippen molar-refractivity contribution >= 4 is 34.7 Å². The summed E-state index contributed by atoms with van der Waals surface area (Å²) in [5, 5.41) is 11.5. The van der Waals surface area contributed by atoms with Crippen LogP contribution in [0.2, 0.25) is 0 Å². The van der Waals surface area contributed by atoms with E-state index in [1.54, 1.807) is 30.3 Å². The Morgan fingerprint density at radius 2 is 2.13 bits per heavy atom. The Morgan fingerprint density at radius 3 is 2.84 bits per heavy atom. The molecule has 2 unspecified atom stereocenters. The van der Waals surface area contributed by atoms with E-state index in [0.29, 0.717) is 35.7 Å². The Hall–Kier alpha value is -3.63. The van der Waals surface area contributed by atoms with Gasteiger partial charge in [0.1, 0.15) is 22.6 Å². The lowest BCUT2D eigenvalue weighted by atomic mass is 10.0. The van der Waals surface area contributed by atoms with Gasteiger partial charge in [-0.05, 0) is 49.2 Å². The number of halogens is 4. The number of imidazole rings is 1. The van der Waals surface area contributed by atoms with E-state index in [-0.39, 0.29) is 47.1 Å². The number of pyridine rings is 1. The molecular formula is C25H26F4N6O2S. The highest BCUT2D eigenvalue weighted by atomic mass is 32.2. The fraction of sp³-hybridized carbons (Fsp3) is 0.360. The van der Waals surface area contributed by atoms with E-state index in [0.717, 1.165) is 0 Å². The molecule has 1 fully saturated rings. The van der Waals surface area contributed by atoms with Gasteiger partial charge in [0.15, 0.2) is 5.65 Å². The highest BCUT2D eigenvalue weighted by Crippen LogP contribution is 2.39. The number of carbonyl (C=O) groups excluding carboxylic acids is 1. The van der Waals surface area contributed by atoms with Gasteiger partial charge in [-0.1, -0.05) is 5.92 Å². The van der Waals surface area contributed by atoms with E-state index in [2.05, 4.69) is 38.1 Å². The van der Waals surface area contributed by atoms with Crippen molar-refractivity contribution in [1.29, 1.82) is 0 Å². The van der Waals surface area contributed by atoms with Crippen LogP contribution in [0.25, 0.3) is 5.65 Å². The van der Waals surface area contributed by atoms with Gasteiger partial charge >= 0.3 is 5.51 Å². The summed E-state index contributed by atoms with van der Waals surface area (Å²) in [5.74, 6) is 5.67. The fourth-order valence-corrected chi connectivity index (χ4v) is 4.68. The van der Waals surface area contributed by atoms with Gasteiger partial charge in [0, 0.05) is 37.1 Å². The molecule has 0 spiro atoms. The first-order chi connectivity index (χ1) is 18.2. The molecule has 1 saturated heterocycles. The monoisotopic (exact) mass is 550 g/mol. The molecule has 13 heteroatoms. The predicted molar refractivity (Wildman–Crippen MR) is 139 cm³/mol. The molecule has 8 nitrogen and oxygen atoms in total. The van der Waals surface area contributed by atoms with Crippen LogP contribution in [0.15, 0.2) is 41.6 Å². The minimum Gasteiger partial charge on any atom is -0.495 e. The first-order valence-corrected chi connectivity index (χ1v) is 12.5. The van der Waals surface area contributed by atoms with Crippen LogP contribution in [0, 0.1) is 11.8 Å². The molecule has 2 atom stereocenters. The summed E-state index contributed by atoms with van der Waals surface area (Å²) in [4.78, 5) is 16.2. The second-order valence-corrected chi connectivity index (χ2v) is 9.39. The number of hydrogen-bond donors (Lipinski definition) is 4. The van der Waals surface area contributed by atoms with Crippen LogP contribution in [-0.4, -0.2) is 66.8 Å². The number of nitrogens with one attached hydrogen (secondary N) is 4. The molecule has 3 aromatic rings. The first-order valence-electron chi connectivity index (χ1n) is 11.7. The zero-order valence-electron chi connectivity index (χ0n) is 20.6. The quantitative estimate of drug-likeness (QED) is 0.202. The van der Waals surface area contributed by atoms with Crippen LogP contribution >= 0.6 is 11.8 Å². The number of thioether (sulfide) groups is 1. The Morgan fingerprint density at radius 1 is 1.32 bits per heavy atom. The molecule has 3 heterocycles. The number of amides is 1. The van der Waals surface area contributed by atoms with E-state index in [1.807, 2.05) is 0 Å². The number of ether oxygens (including phenoxy) is 1. The predicted octanol–water partition coefficient (Wildman–Crippen LogP) is 3.89. The van der Waals surface area contributed by atoms with Crippen LogP contribution in [0.3, 0.4) is 0 Å². The van der Waals surface area contributed by atoms with Gasteiger partial charge in [-0.15, -0.1) is 0 Å². The molecule has 1 aliphatic heterocycles. The Kier molecular flexibility index (Phi) is 8.53. The molecule has 1 amide bonds. The van der Waals surface area contributed by atoms with Gasteiger partial charge in [0.2, 0.25) is 0 Å². The number of aromatic nitrogens is 2. The number of hydrogen-bond acceptors (Lipinski definition) is 7. The Bertz CT molecular complexity index is 1370. The lowest BCUT2D eigenvalue weighted by Gasteiger charge is -2.28. The number of fused-ring (bicyclic) bond motifs is 1. The van der Waals surface area contributed by atoms with Crippen molar-refractivity contribution in [3.8, 4) is 17.6 Å². The summed E-state index contributed by atoms with van der Waals surface area (Å²) >= 11 is -0.306. The number of piperidine rings is 1. The Labute approximate surface area is 220 Å². The maximum atomic E-state index is 14.4. The van der Waals surface area contributed by atoms with Gasteiger partial charge in [-0.2, -0.15) is 13.2 Å². The first kappa shape index (κ1) is 27.4. The van der Waals surface area contributed by atoms with Crippen molar-refractivity contribution in [3.63, 3.8) is 0 Å². The number of carbonyl (C=O) groups is 1. The Balaban J connectivity index is 1.60. The molecule has 0 radical (unpaired) electrons. The standard InChI is InChI=1S/C25H26F4N6O2S/c1-30-23(36)15-7-8-18(21(13-15)37-2)32-10-3-5-20-24(38-25(27,28)29)35-12-4-6-19(22(35)34-20)33-17-9-11-31-14-16(17)26/h4,6-8,12-13,16-17,31-33H,9-11,14H2,1-2H3,(H,30,36). The summed E-state index contributed by atoms with van der Waals surface area (Å²) in [6, 6.07) is 7.58. The molecule has 0 saturated carbocycles. The molecule has 4 N–H and O–H groups in total. The second kappa shape index (κ2) is 11.8. The second-order valence-electron chi connectivity index (χ2n) is 8.34. The van der Waals surface area contributed by atoms with E-state index in [4.69, 9.17) is 4.74 Å². The number of rotatable bonds is 7. The smallest absolute Gasteiger partial charge is 0.447 e. The zero-order chi connectivity index (χ0) is 27.3. The summed E-state index contributed by atoms with van der Waals surface area (Å²) in [6.45, 7) is 0.907. The van der Waals surface area contributed by atoms with Crippen LogP contribution in [0.1, 0.15) is 22.5 Å². The molecule has 202 valence electrons. The van der Waals surface area contributed by atoms with Crippen LogP contribution in [-0.2, 0) is 0 Å². The summed E-state index contributed by atoms with van der Waals surface area (Å²) in [5.41, 5.74) is -2.98. The number of benzene rings is 1. The highest BCUT2D eigenvalue weighted by Gasteiger charge is 2.33. The highest BCUT2D eigenvalue weighted by molar-refractivity contribution is 8.00. The molecular weight excluding hydrogens is 524 g/mol. The van der Waals surface area contributed by atoms with Crippen molar-refractivity contribution in [2.45, 2.75) is 29.2 Å². The minimum absolute atomic E-state index is 0.0487. The SMILES string of the molecule is CNC(=O)c1ccc(NCC#Cc2nc3c(NC4CCNCC4F)cccn3c2SC(F)(F)F)c(OC)c1. The van der Waals surface area contributed by atoms with Gasteiger partial charge < -0.3 is 26.0 Å². The molecule has 2 aromatic heterocycles. The third kappa shape index (κ3) is 6.43. The normalized spacial score (nSPS) is 17.4. The van der Waals surface area contributed by atoms with Crippen LogP contribution in [0.5, 0.6) is 5.75 Å². The number of anilines is 2. The fourth-order valence-electron chi connectivity index (χ4n) is 4.02. The van der Waals surface area contributed by atoms with Gasteiger partial charge in [-0.3, -0.25) is 9.20 Å².